The third kappa shape index (κ3) is 2.94. The minimum absolute atomic E-state index is 0. The highest BCUT2D eigenvalue weighted by Crippen LogP contribution is 2.22. The van der Waals surface area contributed by atoms with Crippen molar-refractivity contribution in [2.24, 2.45) is 0 Å². The number of nitrogens with zero attached hydrogens (tertiary/aromatic N) is 1. The summed E-state index contributed by atoms with van der Waals surface area (Å²) in [4.78, 5) is 13.9. The van der Waals surface area contributed by atoms with Gasteiger partial charge in [-0.2, -0.15) is 0 Å². The molecule has 1 atom stereocenters. The van der Waals surface area contributed by atoms with Crippen molar-refractivity contribution in [3.63, 3.8) is 0 Å². The largest absolute Gasteiger partial charge is 0.333 e. The van der Waals surface area contributed by atoms with Crippen LogP contribution >= 0.6 is 24.0 Å². The Balaban J connectivity index is 0.00000162. The molecule has 0 aliphatic carbocycles. The van der Waals surface area contributed by atoms with Gasteiger partial charge in [0.2, 0.25) is 0 Å². The van der Waals surface area contributed by atoms with Crippen molar-refractivity contribution in [3.05, 3.63) is 34.6 Å². The van der Waals surface area contributed by atoms with Crippen molar-refractivity contribution >= 4 is 29.9 Å². The first-order valence-corrected chi connectivity index (χ1v) is 5.94. The van der Waals surface area contributed by atoms with Crippen molar-refractivity contribution in [1.82, 2.24) is 10.2 Å². The maximum Gasteiger partial charge on any atom is 0.255 e. The van der Waals surface area contributed by atoms with Crippen LogP contribution in [0.3, 0.4) is 0 Å². The average molecular weight is 293 g/mol. The molecule has 18 heavy (non-hydrogen) atoms. The Bertz CT molecular complexity index is 442. The monoisotopic (exact) mass is 292 g/mol. The Kier molecular flexibility index (Phi) is 5.38. The number of halogens is 3. The number of hydrogen-bond acceptors (Lipinski definition) is 2. The molecule has 1 saturated heterocycles. The van der Waals surface area contributed by atoms with E-state index in [0.717, 1.165) is 13.1 Å². The van der Waals surface area contributed by atoms with Crippen LogP contribution in [-0.2, 0) is 0 Å². The molecular formula is C12H15Cl2FN2O. The van der Waals surface area contributed by atoms with Crippen LogP contribution in [0.2, 0.25) is 5.02 Å². The van der Waals surface area contributed by atoms with E-state index in [4.69, 9.17) is 11.6 Å². The van der Waals surface area contributed by atoms with Crippen molar-refractivity contribution in [2.75, 3.05) is 19.6 Å². The third-order valence-corrected chi connectivity index (χ3v) is 3.33. The van der Waals surface area contributed by atoms with Gasteiger partial charge in [-0.25, -0.2) is 4.39 Å². The minimum atomic E-state index is -0.555. The highest BCUT2D eigenvalue weighted by Gasteiger charge is 2.26. The minimum Gasteiger partial charge on any atom is -0.333 e. The molecule has 2 rings (SSSR count). The predicted octanol–water partition coefficient (Wildman–Crippen LogP) is 2.33. The maximum atomic E-state index is 13.3. The number of nitrogens with one attached hydrogen (secondary N) is 1. The number of carbonyl (C=O) groups is 1. The molecule has 1 aromatic carbocycles. The van der Waals surface area contributed by atoms with Crippen LogP contribution in [0.25, 0.3) is 0 Å². The summed E-state index contributed by atoms with van der Waals surface area (Å²) in [5.41, 5.74) is 0.236. The van der Waals surface area contributed by atoms with Gasteiger partial charge >= 0.3 is 0 Å². The number of hydrogen-bond donors (Lipinski definition) is 1. The summed E-state index contributed by atoms with van der Waals surface area (Å²) in [6.45, 7) is 4.08. The molecule has 0 saturated carbocycles. The van der Waals surface area contributed by atoms with E-state index in [1.54, 1.807) is 11.0 Å². The van der Waals surface area contributed by atoms with Gasteiger partial charge in [-0.15, -0.1) is 12.4 Å². The molecule has 0 aromatic heterocycles. The summed E-state index contributed by atoms with van der Waals surface area (Å²) in [6, 6.07) is 4.40. The lowest BCUT2D eigenvalue weighted by atomic mass is 10.1. The Morgan fingerprint density at radius 3 is 2.94 bits per heavy atom. The lowest BCUT2D eigenvalue weighted by Gasteiger charge is -2.34. The van der Waals surface area contributed by atoms with E-state index < -0.39 is 5.82 Å². The lowest BCUT2D eigenvalue weighted by Crippen LogP contribution is -2.52. The van der Waals surface area contributed by atoms with Crippen LogP contribution < -0.4 is 5.32 Å². The predicted molar refractivity (Wildman–Crippen MR) is 72.0 cm³/mol. The number of benzene rings is 1. The highest BCUT2D eigenvalue weighted by atomic mass is 35.5. The molecular weight excluding hydrogens is 278 g/mol. The molecule has 0 bridgehead atoms. The van der Waals surface area contributed by atoms with Crippen LogP contribution in [0.5, 0.6) is 0 Å². The van der Waals surface area contributed by atoms with Gasteiger partial charge in [0.25, 0.3) is 5.91 Å². The molecule has 1 N–H and O–H groups in total. The van der Waals surface area contributed by atoms with Gasteiger partial charge in [-0.3, -0.25) is 4.79 Å². The van der Waals surface area contributed by atoms with E-state index in [-0.39, 0.29) is 34.9 Å². The molecule has 0 spiro atoms. The van der Waals surface area contributed by atoms with Crippen molar-refractivity contribution in [3.8, 4) is 0 Å². The van der Waals surface area contributed by atoms with Gasteiger partial charge in [-0.1, -0.05) is 17.7 Å². The summed E-state index contributed by atoms with van der Waals surface area (Å²) >= 11 is 5.82. The summed E-state index contributed by atoms with van der Waals surface area (Å²) < 4.78 is 13.3. The number of amides is 1. The van der Waals surface area contributed by atoms with Gasteiger partial charge in [-0.05, 0) is 19.1 Å². The molecule has 3 nitrogen and oxygen atoms in total. The molecule has 0 radical (unpaired) electrons. The van der Waals surface area contributed by atoms with Gasteiger partial charge in [0.15, 0.2) is 0 Å². The average Bonchev–Trinajstić information content (AvgIpc) is 2.32. The second kappa shape index (κ2) is 6.36. The standard InChI is InChI=1S/C12H14ClFN2O.ClH/c1-8-7-15-5-6-16(8)12(17)9-3-2-4-10(14)11(9)13;/h2-4,8,15H,5-7H2,1H3;1H. The molecule has 100 valence electrons. The first-order chi connectivity index (χ1) is 8.11. The molecule has 1 heterocycles. The Morgan fingerprint density at radius 2 is 2.28 bits per heavy atom. The Hall–Kier alpha value is -0.840. The molecule has 1 aromatic rings. The van der Waals surface area contributed by atoms with E-state index in [9.17, 15) is 9.18 Å². The maximum absolute atomic E-state index is 13.3. The summed E-state index contributed by atoms with van der Waals surface area (Å²) in [5.74, 6) is -0.760. The van der Waals surface area contributed by atoms with Gasteiger partial charge < -0.3 is 10.2 Å². The van der Waals surface area contributed by atoms with E-state index in [1.807, 2.05) is 6.92 Å². The van der Waals surface area contributed by atoms with Gasteiger partial charge in [0, 0.05) is 25.7 Å². The fourth-order valence-corrected chi connectivity index (χ4v) is 2.17. The van der Waals surface area contributed by atoms with Crippen LogP contribution in [0.1, 0.15) is 17.3 Å². The molecule has 1 fully saturated rings. The zero-order valence-electron chi connectivity index (χ0n) is 9.95. The molecule has 1 amide bonds. The quantitative estimate of drug-likeness (QED) is 0.862. The normalized spacial score (nSPS) is 19.3. The van der Waals surface area contributed by atoms with E-state index in [0.29, 0.717) is 6.54 Å². The second-order valence-corrected chi connectivity index (χ2v) is 4.53. The number of rotatable bonds is 1. The van der Waals surface area contributed by atoms with Crippen molar-refractivity contribution in [2.45, 2.75) is 13.0 Å². The topological polar surface area (TPSA) is 32.3 Å². The zero-order chi connectivity index (χ0) is 12.4. The van der Waals surface area contributed by atoms with E-state index >= 15 is 0 Å². The molecule has 1 aliphatic rings. The van der Waals surface area contributed by atoms with Gasteiger partial charge in [0.1, 0.15) is 5.82 Å². The van der Waals surface area contributed by atoms with Crippen LogP contribution in [0, 0.1) is 5.82 Å². The first-order valence-electron chi connectivity index (χ1n) is 5.57. The van der Waals surface area contributed by atoms with Crippen molar-refractivity contribution < 1.29 is 9.18 Å². The summed E-state index contributed by atoms with van der Waals surface area (Å²) in [7, 11) is 0. The first kappa shape index (κ1) is 15.2. The second-order valence-electron chi connectivity index (χ2n) is 4.15. The lowest BCUT2D eigenvalue weighted by molar-refractivity contribution is 0.0655. The highest BCUT2D eigenvalue weighted by molar-refractivity contribution is 6.34. The zero-order valence-corrected chi connectivity index (χ0v) is 11.5. The summed E-state index contributed by atoms with van der Waals surface area (Å²) in [6.07, 6.45) is 0. The smallest absolute Gasteiger partial charge is 0.255 e. The fourth-order valence-electron chi connectivity index (χ4n) is 1.97. The third-order valence-electron chi connectivity index (χ3n) is 2.94. The van der Waals surface area contributed by atoms with Crippen LogP contribution in [-0.4, -0.2) is 36.5 Å². The summed E-state index contributed by atoms with van der Waals surface area (Å²) in [5, 5.41) is 3.10. The molecule has 1 unspecified atom stereocenters. The number of carbonyl (C=O) groups excluding carboxylic acids is 1. The Morgan fingerprint density at radius 1 is 1.56 bits per heavy atom. The number of piperazine rings is 1. The van der Waals surface area contributed by atoms with Crippen LogP contribution in [0.15, 0.2) is 18.2 Å². The fraction of sp³-hybridized carbons (Fsp3) is 0.417. The van der Waals surface area contributed by atoms with Crippen molar-refractivity contribution in [1.29, 1.82) is 0 Å². The van der Waals surface area contributed by atoms with E-state index in [1.165, 1.54) is 12.1 Å². The molecule has 1 aliphatic heterocycles. The molecule has 6 heteroatoms. The van der Waals surface area contributed by atoms with Crippen LogP contribution in [0.4, 0.5) is 4.39 Å². The van der Waals surface area contributed by atoms with E-state index in [2.05, 4.69) is 5.32 Å². The van der Waals surface area contributed by atoms with Gasteiger partial charge in [0.05, 0.1) is 10.6 Å². The Labute approximate surface area is 117 Å². The SMILES string of the molecule is CC1CNCCN1C(=O)c1cccc(F)c1Cl.Cl.